The van der Waals surface area contributed by atoms with Crippen molar-refractivity contribution in [2.45, 2.75) is 39.2 Å². The van der Waals surface area contributed by atoms with Gasteiger partial charge >= 0.3 is 0 Å². The average molecular weight is 300 g/mol. The topological polar surface area (TPSA) is 12.0 Å². The molecule has 3 heteroatoms. The van der Waals surface area contributed by atoms with Crippen molar-refractivity contribution in [3.63, 3.8) is 0 Å². The van der Waals surface area contributed by atoms with Crippen LogP contribution in [0.1, 0.15) is 32.3 Å². The first-order valence-electron chi connectivity index (χ1n) is 6.14. The maximum atomic E-state index is 13.4. The molecule has 1 nitrogen and oxygen atoms in total. The molecule has 2 rings (SSSR count). The molecule has 0 bridgehead atoms. The third kappa shape index (κ3) is 3.78. The Hall–Kier alpha value is -0.410. The third-order valence-electron chi connectivity index (χ3n) is 3.15. The maximum Gasteiger partial charge on any atom is 0.137 e. The van der Waals surface area contributed by atoms with Crippen LogP contribution >= 0.6 is 15.9 Å². The van der Waals surface area contributed by atoms with E-state index in [9.17, 15) is 4.39 Å². The highest BCUT2D eigenvalue weighted by atomic mass is 79.9. The summed E-state index contributed by atoms with van der Waals surface area (Å²) in [4.78, 5) is 0. The van der Waals surface area contributed by atoms with E-state index in [0.29, 0.717) is 4.47 Å². The minimum Gasteiger partial charge on any atom is -0.313 e. The third-order valence-corrected chi connectivity index (χ3v) is 4.04. The van der Waals surface area contributed by atoms with Gasteiger partial charge in [0.1, 0.15) is 5.82 Å². The van der Waals surface area contributed by atoms with E-state index in [1.165, 1.54) is 18.9 Å². The van der Waals surface area contributed by atoms with E-state index in [1.54, 1.807) is 6.07 Å². The quantitative estimate of drug-likeness (QED) is 0.869. The number of hydrogen-bond donors (Lipinski definition) is 1. The molecule has 17 heavy (non-hydrogen) atoms. The molecule has 0 aliphatic heterocycles. The smallest absolute Gasteiger partial charge is 0.137 e. The van der Waals surface area contributed by atoms with Crippen molar-refractivity contribution in [2.75, 3.05) is 6.54 Å². The number of nitrogens with one attached hydrogen (secondary N) is 1. The van der Waals surface area contributed by atoms with E-state index in [2.05, 4.69) is 35.1 Å². The minimum atomic E-state index is -0.173. The van der Waals surface area contributed by atoms with Crippen LogP contribution in [0.4, 0.5) is 4.39 Å². The lowest BCUT2D eigenvalue weighted by molar-refractivity contribution is 0.336. The van der Waals surface area contributed by atoms with E-state index < -0.39 is 0 Å². The van der Waals surface area contributed by atoms with Crippen LogP contribution in [0.25, 0.3) is 0 Å². The van der Waals surface area contributed by atoms with Crippen molar-refractivity contribution in [1.29, 1.82) is 0 Å². The van der Waals surface area contributed by atoms with Gasteiger partial charge in [-0.1, -0.05) is 26.0 Å². The second-order valence-corrected chi connectivity index (χ2v) is 6.50. The van der Waals surface area contributed by atoms with Gasteiger partial charge in [0.2, 0.25) is 0 Å². The van der Waals surface area contributed by atoms with Gasteiger partial charge in [-0.2, -0.15) is 0 Å². The number of rotatable bonds is 5. The van der Waals surface area contributed by atoms with Crippen LogP contribution in [0.2, 0.25) is 0 Å². The molecule has 0 atom stereocenters. The van der Waals surface area contributed by atoms with Crippen molar-refractivity contribution < 1.29 is 4.39 Å². The van der Waals surface area contributed by atoms with Crippen molar-refractivity contribution in [2.24, 2.45) is 5.41 Å². The van der Waals surface area contributed by atoms with Crippen LogP contribution in [0.3, 0.4) is 0 Å². The second kappa shape index (κ2) is 5.07. The van der Waals surface area contributed by atoms with Gasteiger partial charge in [-0.05, 0) is 52.2 Å². The zero-order valence-electron chi connectivity index (χ0n) is 10.4. The van der Waals surface area contributed by atoms with Gasteiger partial charge in [-0.25, -0.2) is 4.39 Å². The van der Waals surface area contributed by atoms with Crippen LogP contribution in [0.15, 0.2) is 22.7 Å². The number of hydrogen-bond acceptors (Lipinski definition) is 1. The van der Waals surface area contributed by atoms with Gasteiger partial charge in [0, 0.05) is 12.6 Å². The highest BCUT2D eigenvalue weighted by Crippen LogP contribution is 2.29. The Bertz CT molecular complexity index is 399. The summed E-state index contributed by atoms with van der Waals surface area (Å²) in [6, 6.07) is 5.99. The highest BCUT2D eigenvalue weighted by Gasteiger charge is 2.26. The fourth-order valence-corrected chi connectivity index (χ4v) is 2.38. The van der Waals surface area contributed by atoms with Crippen LogP contribution in [0, 0.1) is 11.2 Å². The Morgan fingerprint density at radius 1 is 1.41 bits per heavy atom. The van der Waals surface area contributed by atoms with E-state index in [-0.39, 0.29) is 11.2 Å². The Morgan fingerprint density at radius 3 is 2.76 bits per heavy atom. The summed E-state index contributed by atoms with van der Waals surface area (Å²) in [6.45, 7) is 5.43. The molecule has 1 fully saturated rings. The predicted octanol–water partition coefficient (Wildman–Crippen LogP) is 3.91. The van der Waals surface area contributed by atoms with Gasteiger partial charge in [0.15, 0.2) is 0 Å². The van der Waals surface area contributed by atoms with Gasteiger partial charge < -0.3 is 5.32 Å². The average Bonchev–Trinajstić information content (AvgIpc) is 3.06. The predicted molar refractivity (Wildman–Crippen MR) is 72.6 cm³/mol. The Balaban J connectivity index is 1.99. The standard InChI is InChI=1S/C14H19BrFN/c1-14(2,9-17-11-6-7-11)8-10-4-3-5-12(16)13(10)15/h3-5,11,17H,6-9H2,1-2H3. The van der Waals surface area contributed by atoms with Crippen molar-refractivity contribution in [1.82, 2.24) is 5.32 Å². The maximum absolute atomic E-state index is 13.4. The molecular formula is C14H19BrFN. The fourth-order valence-electron chi connectivity index (χ4n) is 1.97. The number of benzene rings is 1. The zero-order chi connectivity index (χ0) is 12.5. The molecule has 0 saturated heterocycles. The van der Waals surface area contributed by atoms with Crippen LogP contribution in [-0.4, -0.2) is 12.6 Å². The van der Waals surface area contributed by atoms with E-state index in [0.717, 1.165) is 24.6 Å². The highest BCUT2D eigenvalue weighted by molar-refractivity contribution is 9.10. The molecule has 1 aliphatic rings. The summed E-state index contributed by atoms with van der Waals surface area (Å²) in [5.41, 5.74) is 1.20. The van der Waals surface area contributed by atoms with Crippen LogP contribution in [-0.2, 0) is 6.42 Å². The zero-order valence-corrected chi connectivity index (χ0v) is 12.0. The lowest BCUT2D eigenvalue weighted by atomic mass is 9.85. The first-order valence-corrected chi connectivity index (χ1v) is 6.93. The van der Waals surface area contributed by atoms with Gasteiger partial charge in [-0.15, -0.1) is 0 Å². The summed E-state index contributed by atoms with van der Waals surface area (Å²) in [5, 5.41) is 3.54. The SMILES string of the molecule is CC(C)(CNC1CC1)Cc1cccc(F)c1Br. The molecule has 0 radical (unpaired) electrons. The minimum absolute atomic E-state index is 0.152. The first kappa shape index (κ1) is 13.0. The lowest BCUT2D eigenvalue weighted by Gasteiger charge is -2.26. The molecule has 1 aromatic carbocycles. The molecule has 1 N–H and O–H groups in total. The molecule has 0 spiro atoms. The molecule has 0 amide bonds. The van der Waals surface area contributed by atoms with Crippen molar-refractivity contribution in [3.8, 4) is 0 Å². The summed E-state index contributed by atoms with van der Waals surface area (Å²) >= 11 is 3.33. The Morgan fingerprint density at radius 2 is 2.12 bits per heavy atom. The summed E-state index contributed by atoms with van der Waals surface area (Å²) in [7, 11) is 0. The molecule has 0 heterocycles. The first-order chi connectivity index (χ1) is 7.98. The van der Waals surface area contributed by atoms with E-state index in [4.69, 9.17) is 0 Å². The molecule has 0 unspecified atom stereocenters. The lowest BCUT2D eigenvalue weighted by Crippen LogP contribution is -2.32. The summed E-state index contributed by atoms with van der Waals surface area (Å²) in [6.07, 6.45) is 3.49. The largest absolute Gasteiger partial charge is 0.313 e. The van der Waals surface area contributed by atoms with E-state index in [1.807, 2.05) is 6.07 Å². The molecule has 1 aromatic rings. The molecular weight excluding hydrogens is 281 g/mol. The Kier molecular flexibility index (Phi) is 3.88. The molecule has 0 aromatic heterocycles. The second-order valence-electron chi connectivity index (χ2n) is 5.71. The summed E-state index contributed by atoms with van der Waals surface area (Å²) in [5.74, 6) is -0.173. The van der Waals surface area contributed by atoms with Crippen LogP contribution in [0.5, 0.6) is 0 Å². The van der Waals surface area contributed by atoms with Crippen molar-refractivity contribution in [3.05, 3.63) is 34.1 Å². The van der Waals surface area contributed by atoms with E-state index >= 15 is 0 Å². The Labute approximate surface area is 111 Å². The van der Waals surface area contributed by atoms with Gasteiger partial charge in [0.05, 0.1) is 4.47 Å². The normalized spacial score (nSPS) is 16.2. The van der Waals surface area contributed by atoms with Crippen molar-refractivity contribution >= 4 is 15.9 Å². The van der Waals surface area contributed by atoms with Gasteiger partial charge in [-0.3, -0.25) is 0 Å². The van der Waals surface area contributed by atoms with Gasteiger partial charge in [0.25, 0.3) is 0 Å². The number of halogens is 2. The van der Waals surface area contributed by atoms with Crippen LogP contribution < -0.4 is 5.32 Å². The monoisotopic (exact) mass is 299 g/mol. The fraction of sp³-hybridized carbons (Fsp3) is 0.571. The molecule has 1 aliphatic carbocycles. The molecule has 94 valence electrons. The molecule has 1 saturated carbocycles. The summed E-state index contributed by atoms with van der Waals surface area (Å²) < 4.78 is 14.0.